The van der Waals surface area contributed by atoms with Crippen LogP contribution in [-0.4, -0.2) is 13.4 Å². The van der Waals surface area contributed by atoms with Gasteiger partial charge in [-0.25, -0.2) is 13.4 Å². The molecule has 2 rings (SSSR count). The standard InChI is InChI=1S/C13H10BrN3O2S/c1-9-4-5-11(10(14)7-9)17-20(18,19)13-3-2-6-16-12(13)8-15/h2-7,17H,1H3. The van der Waals surface area contributed by atoms with Crippen LogP contribution in [0.3, 0.4) is 0 Å². The van der Waals surface area contributed by atoms with Crippen molar-refractivity contribution in [1.82, 2.24) is 4.98 Å². The van der Waals surface area contributed by atoms with Crippen LogP contribution in [0.4, 0.5) is 5.69 Å². The number of pyridine rings is 1. The highest BCUT2D eigenvalue weighted by Crippen LogP contribution is 2.26. The first-order chi connectivity index (χ1) is 9.44. The Morgan fingerprint density at radius 2 is 2.10 bits per heavy atom. The van der Waals surface area contributed by atoms with Gasteiger partial charge < -0.3 is 0 Å². The van der Waals surface area contributed by atoms with Gasteiger partial charge in [-0.05, 0) is 52.7 Å². The second-order valence-electron chi connectivity index (χ2n) is 4.05. The number of nitrogens with one attached hydrogen (secondary N) is 1. The van der Waals surface area contributed by atoms with E-state index in [2.05, 4.69) is 25.6 Å². The Morgan fingerprint density at radius 3 is 2.75 bits per heavy atom. The summed E-state index contributed by atoms with van der Waals surface area (Å²) < 4.78 is 27.7. The van der Waals surface area contributed by atoms with Crippen LogP contribution in [0, 0.1) is 18.3 Å². The molecule has 2 aromatic rings. The summed E-state index contributed by atoms with van der Waals surface area (Å²) in [5.74, 6) is 0. The van der Waals surface area contributed by atoms with Crippen LogP contribution in [0.15, 0.2) is 45.9 Å². The number of anilines is 1. The molecular weight excluding hydrogens is 342 g/mol. The lowest BCUT2D eigenvalue weighted by molar-refractivity contribution is 0.600. The number of sulfonamides is 1. The number of hydrogen-bond donors (Lipinski definition) is 1. The molecule has 1 aromatic carbocycles. The van der Waals surface area contributed by atoms with Crippen molar-refractivity contribution >= 4 is 31.6 Å². The number of halogens is 1. The van der Waals surface area contributed by atoms with Crippen molar-refractivity contribution in [1.29, 1.82) is 5.26 Å². The van der Waals surface area contributed by atoms with Gasteiger partial charge in [0.15, 0.2) is 5.69 Å². The molecular formula is C13H10BrN3O2S. The summed E-state index contributed by atoms with van der Waals surface area (Å²) in [6, 6.07) is 9.82. The van der Waals surface area contributed by atoms with E-state index in [-0.39, 0.29) is 10.6 Å². The van der Waals surface area contributed by atoms with Crippen LogP contribution in [0.1, 0.15) is 11.3 Å². The second-order valence-corrected chi connectivity index (χ2v) is 6.56. The van der Waals surface area contributed by atoms with E-state index in [0.717, 1.165) is 5.56 Å². The molecule has 0 bridgehead atoms. The smallest absolute Gasteiger partial charge is 0.264 e. The van der Waals surface area contributed by atoms with E-state index < -0.39 is 10.0 Å². The van der Waals surface area contributed by atoms with Crippen molar-refractivity contribution in [3.63, 3.8) is 0 Å². The van der Waals surface area contributed by atoms with Crippen LogP contribution in [0.5, 0.6) is 0 Å². The average Bonchev–Trinajstić information content (AvgIpc) is 2.42. The molecule has 7 heteroatoms. The van der Waals surface area contributed by atoms with Gasteiger partial charge in [0, 0.05) is 10.7 Å². The van der Waals surface area contributed by atoms with Gasteiger partial charge in [0.05, 0.1) is 5.69 Å². The zero-order chi connectivity index (χ0) is 14.8. The number of nitriles is 1. The van der Waals surface area contributed by atoms with Gasteiger partial charge in [-0.15, -0.1) is 0 Å². The summed E-state index contributed by atoms with van der Waals surface area (Å²) in [7, 11) is -3.86. The zero-order valence-electron chi connectivity index (χ0n) is 10.5. The van der Waals surface area contributed by atoms with Crippen molar-refractivity contribution in [2.75, 3.05) is 4.72 Å². The molecule has 1 heterocycles. The summed E-state index contributed by atoms with van der Waals surface area (Å²) in [5.41, 5.74) is 1.27. The van der Waals surface area contributed by atoms with E-state index >= 15 is 0 Å². The first-order valence-corrected chi connectivity index (χ1v) is 7.86. The molecule has 0 saturated heterocycles. The van der Waals surface area contributed by atoms with Gasteiger partial charge in [-0.2, -0.15) is 5.26 Å². The summed E-state index contributed by atoms with van der Waals surface area (Å²) in [6.45, 7) is 1.90. The van der Waals surface area contributed by atoms with E-state index in [0.29, 0.717) is 10.2 Å². The third kappa shape index (κ3) is 2.98. The third-order valence-electron chi connectivity index (χ3n) is 2.54. The highest BCUT2D eigenvalue weighted by Gasteiger charge is 2.20. The van der Waals surface area contributed by atoms with E-state index in [4.69, 9.17) is 5.26 Å². The van der Waals surface area contributed by atoms with Gasteiger partial charge in [0.1, 0.15) is 11.0 Å². The van der Waals surface area contributed by atoms with Crippen LogP contribution in [0.2, 0.25) is 0 Å². The number of nitrogens with zero attached hydrogens (tertiary/aromatic N) is 2. The van der Waals surface area contributed by atoms with Gasteiger partial charge >= 0.3 is 0 Å². The molecule has 0 saturated carbocycles. The summed E-state index contributed by atoms with van der Waals surface area (Å²) in [5, 5.41) is 8.92. The molecule has 1 N–H and O–H groups in total. The topological polar surface area (TPSA) is 82.8 Å². The fourth-order valence-corrected chi connectivity index (χ4v) is 3.51. The van der Waals surface area contributed by atoms with Crippen LogP contribution in [0.25, 0.3) is 0 Å². The molecule has 0 atom stereocenters. The van der Waals surface area contributed by atoms with Gasteiger partial charge in [0.2, 0.25) is 0 Å². The molecule has 0 spiro atoms. The molecule has 0 aliphatic carbocycles. The Morgan fingerprint density at radius 1 is 1.35 bits per heavy atom. The molecule has 20 heavy (non-hydrogen) atoms. The first kappa shape index (κ1) is 14.5. The molecule has 5 nitrogen and oxygen atoms in total. The number of benzene rings is 1. The van der Waals surface area contributed by atoms with E-state index in [9.17, 15) is 8.42 Å². The highest BCUT2D eigenvalue weighted by atomic mass is 79.9. The summed E-state index contributed by atoms with van der Waals surface area (Å²) in [4.78, 5) is 3.61. The van der Waals surface area contributed by atoms with Crippen molar-refractivity contribution in [3.8, 4) is 6.07 Å². The predicted molar refractivity (Wildman–Crippen MR) is 78.6 cm³/mol. The summed E-state index contributed by atoms with van der Waals surface area (Å²) >= 11 is 3.30. The first-order valence-electron chi connectivity index (χ1n) is 5.58. The van der Waals surface area contributed by atoms with Gasteiger partial charge in [0.25, 0.3) is 10.0 Å². The Hall–Kier alpha value is -1.91. The lowest BCUT2D eigenvalue weighted by Crippen LogP contribution is -2.15. The Kier molecular flexibility index (Phi) is 4.06. The minimum Gasteiger partial charge on any atom is -0.278 e. The Balaban J connectivity index is 2.44. The zero-order valence-corrected chi connectivity index (χ0v) is 12.9. The fourth-order valence-electron chi connectivity index (χ4n) is 1.59. The van der Waals surface area contributed by atoms with E-state index in [1.54, 1.807) is 24.3 Å². The number of hydrogen-bond acceptors (Lipinski definition) is 4. The molecule has 0 aliphatic rings. The lowest BCUT2D eigenvalue weighted by Gasteiger charge is -2.10. The highest BCUT2D eigenvalue weighted by molar-refractivity contribution is 9.10. The molecule has 0 unspecified atom stereocenters. The largest absolute Gasteiger partial charge is 0.278 e. The Bertz CT molecular complexity index is 798. The average molecular weight is 352 g/mol. The SMILES string of the molecule is Cc1ccc(NS(=O)(=O)c2cccnc2C#N)c(Br)c1. The number of aromatic nitrogens is 1. The molecule has 0 radical (unpaired) electrons. The minimum absolute atomic E-state index is 0.136. The van der Waals surface area contributed by atoms with Crippen molar-refractivity contribution in [3.05, 3.63) is 52.3 Å². The molecule has 0 fully saturated rings. The van der Waals surface area contributed by atoms with Gasteiger partial charge in [-0.1, -0.05) is 6.07 Å². The monoisotopic (exact) mass is 351 g/mol. The minimum atomic E-state index is -3.86. The predicted octanol–water partition coefficient (Wildman–Crippen LogP) is 2.83. The maximum Gasteiger partial charge on any atom is 0.264 e. The van der Waals surface area contributed by atoms with Crippen molar-refractivity contribution < 1.29 is 8.42 Å². The lowest BCUT2D eigenvalue weighted by atomic mass is 10.2. The number of aryl methyl sites for hydroxylation is 1. The third-order valence-corrected chi connectivity index (χ3v) is 4.59. The molecule has 102 valence electrons. The maximum absolute atomic E-state index is 12.3. The van der Waals surface area contributed by atoms with Gasteiger partial charge in [-0.3, -0.25) is 4.72 Å². The van der Waals surface area contributed by atoms with Crippen LogP contribution >= 0.6 is 15.9 Å². The fraction of sp³-hybridized carbons (Fsp3) is 0.0769. The van der Waals surface area contributed by atoms with Crippen LogP contribution in [-0.2, 0) is 10.0 Å². The normalized spacial score (nSPS) is 10.8. The molecule has 1 aromatic heterocycles. The number of rotatable bonds is 3. The van der Waals surface area contributed by atoms with E-state index in [1.165, 1.54) is 18.3 Å². The van der Waals surface area contributed by atoms with Crippen LogP contribution < -0.4 is 4.72 Å². The maximum atomic E-state index is 12.3. The molecule has 0 aliphatic heterocycles. The van der Waals surface area contributed by atoms with E-state index in [1.807, 2.05) is 6.92 Å². The van der Waals surface area contributed by atoms with Crippen molar-refractivity contribution in [2.24, 2.45) is 0 Å². The Labute approximate surface area is 125 Å². The van der Waals surface area contributed by atoms with Crippen molar-refractivity contribution in [2.45, 2.75) is 11.8 Å². The quantitative estimate of drug-likeness (QED) is 0.921. The molecule has 0 amide bonds. The summed E-state index contributed by atoms with van der Waals surface area (Å²) in [6.07, 6.45) is 1.37. The second kappa shape index (κ2) is 5.61.